The van der Waals surface area contributed by atoms with Gasteiger partial charge in [0, 0.05) is 18.2 Å². The quantitative estimate of drug-likeness (QED) is 0.597. The van der Waals surface area contributed by atoms with Crippen LogP contribution < -0.4 is 10.1 Å². The van der Waals surface area contributed by atoms with Crippen molar-refractivity contribution in [2.24, 2.45) is 0 Å². The Morgan fingerprint density at radius 3 is 2.73 bits per heavy atom. The highest BCUT2D eigenvalue weighted by molar-refractivity contribution is 5.45. The predicted molar refractivity (Wildman–Crippen MR) is 84.1 cm³/mol. The van der Waals surface area contributed by atoms with Gasteiger partial charge in [-0.05, 0) is 25.8 Å². The third-order valence-corrected chi connectivity index (χ3v) is 4.21. The van der Waals surface area contributed by atoms with Crippen molar-refractivity contribution in [3.63, 3.8) is 0 Å². The maximum absolute atomic E-state index is 10.9. The fourth-order valence-electron chi connectivity index (χ4n) is 2.85. The molecule has 0 spiro atoms. The molecule has 6 heteroatoms. The Labute approximate surface area is 130 Å². The molecule has 0 aliphatic heterocycles. The molecular weight excluding hydrogens is 284 g/mol. The van der Waals surface area contributed by atoms with Crippen LogP contribution in [0.15, 0.2) is 24.3 Å². The van der Waals surface area contributed by atoms with Gasteiger partial charge in [-0.2, -0.15) is 0 Å². The minimum Gasteiger partial charge on any atom is -0.484 e. The molecule has 0 bridgehead atoms. The maximum Gasteiger partial charge on any atom is 0.310 e. The molecule has 0 radical (unpaired) electrons. The molecule has 1 fully saturated rings. The zero-order chi connectivity index (χ0) is 16.0. The van der Waals surface area contributed by atoms with Crippen LogP contribution in [0.5, 0.6) is 5.75 Å². The number of aliphatic hydroxyl groups is 1. The van der Waals surface area contributed by atoms with Crippen LogP contribution >= 0.6 is 0 Å². The second-order valence-corrected chi connectivity index (χ2v) is 6.19. The van der Waals surface area contributed by atoms with Crippen LogP contribution in [0.3, 0.4) is 0 Å². The first-order valence-corrected chi connectivity index (χ1v) is 7.79. The molecule has 22 heavy (non-hydrogen) atoms. The molecule has 0 saturated heterocycles. The predicted octanol–water partition coefficient (Wildman–Crippen LogP) is 2.65. The van der Waals surface area contributed by atoms with E-state index in [1.807, 2.05) is 0 Å². The zero-order valence-corrected chi connectivity index (χ0v) is 13.0. The Hall–Kier alpha value is -1.66. The topological polar surface area (TPSA) is 84.6 Å². The van der Waals surface area contributed by atoms with Gasteiger partial charge in [0.05, 0.1) is 4.92 Å². The van der Waals surface area contributed by atoms with E-state index in [0.717, 1.165) is 12.8 Å². The molecule has 1 aromatic rings. The van der Waals surface area contributed by atoms with Gasteiger partial charge >= 0.3 is 5.69 Å². The highest BCUT2D eigenvalue weighted by Gasteiger charge is 2.26. The van der Waals surface area contributed by atoms with E-state index in [2.05, 4.69) is 12.2 Å². The molecule has 1 aliphatic rings. The molecular formula is C16H24N2O4. The third kappa shape index (κ3) is 4.68. The lowest BCUT2D eigenvalue weighted by Crippen LogP contribution is -2.48. The number of nitro groups is 1. The Morgan fingerprint density at radius 2 is 2.05 bits per heavy atom. The Bertz CT molecular complexity index is 501. The fraction of sp³-hybridized carbons (Fsp3) is 0.625. The number of β-amino-alcohol motifs (C(OH)–C–C–N with tert-alkyl or cyclic N) is 1. The molecule has 1 aliphatic carbocycles. The van der Waals surface area contributed by atoms with Crippen molar-refractivity contribution in [3.8, 4) is 5.75 Å². The molecule has 1 atom stereocenters. The summed E-state index contributed by atoms with van der Waals surface area (Å²) in [4.78, 5) is 10.4. The maximum atomic E-state index is 10.9. The number of nitro benzene ring substituents is 1. The van der Waals surface area contributed by atoms with Gasteiger partial charge < -0.3 is 15.2 Å². The van der Waals surface area contributed by atoms with Crippen molar-refractivity contribution in [2.75, 3.05) is 13.2 Å². The number of nitrogens with one attached hydrogen (secondary N) is 1. The summed E-state index contributed by atoms with van der Waals surface area (Å²) in [5.74, 6) is 0.190. The Kier molecular flexibility index (Phi) is 5.74. The van der Waals surface area contributed by atoms with E-state index in [9.17, 15) is 15.2 Å². The second-order valence-electron chi connectivity index (χ2n) is 6.19. The molecule has 1 unspecified atom stereocenters. The summed E-state index contributed by atoms with van der Waals surface area (Å²) in [6, 6.07) is 6.20. The molecule has 0 aromatic heterocycles. The lowest BCUT2D eigenvalue weighted by molar-refractivity contribution is -0.385. The third-order valence-electron chi connectivity index (χ3n) is 4.21. The van der Waals surface area contributed by atoms with E-state index < -0.39 is 11.0 Å². The van der Waals surface area contributed by atoms with E-state index in [1.165, 1.54) is 25.3 Å². The highest BCUT2D eigenvalue weighted by atomic mass is 16.6. The minimum absolute atomic E-state index is 0.0356. The number of benzene rings is 1. The summed E-state index contributed by atoms with van der Waals surface area (Å²) in [6.45, 7) is 2.65. The summed E-state index contributed by atoms with van der Waals surface area (Å²) in [7, 11) is 0. The molecule has 2 rings (SSSR count). The Morgan fingerprint density at radius 1 is 1.36 bits per heavy atom. The van der Waals surface area contributed by atoms with E-state index >= 15 is 0 Å². The van der Waals surface area contributed by atoms with Gasteiger partial charge in [-0.15, -0.1) is 0 Å². The van der Waals surface area contributed by atoms with Crippen LogP contribution in [0.4, 0.5) is 5.69 Å². The first-order valence-electron chi connectivity index (χ1n) is 7.79. The van der Waals surface area contributed by atoms with E-state index in [-0.39, 0.29) is 23.6 Å². The Balaban J connectivity index is 1.80. The number of hydrogen-bond acceptors (Lipinski definition) is 5. The number of para-hydroxylation sites is 2. The minimum atomic E-state index is -0.696. The SMILES string of the molecule is CC1(NCC(O)COc2ccccc2[N+](=O)[O-])CCCCC1. The lowest BCUT2D eigenvalue weighted by Gasteiger charge is -2.35. The fourth-order valence-corrected chi connectivity index (χ4v) is 2.85. The number of nitrogens with zero attached hydrogens (tertiary/aromatic N) is 1. The molecule has 122 valence electrons. The number of rotatable bonds is 7. The van der Waals surface area contributed by atoms with Crippen molar-refractivity contribution < 1.29 is 14.8 Å². The van der Waals surface area contributed by atoms with Crippen molar-refractivity contribution in [1.82, 2.24) is 5.32 Å². The first-order chi connectivity index (χ1) is 10.5. The van der Waals surface area contributed by atoms with Crippen molar-refractivity contribution >= 4 is 5.69 Å². The summed E-state index contributed by atoms with van der Waals surface area (Å²) in [6.07, 6.45) is 5.24. The second kappa shape index (κ2) is 7.56. The standard InChI is InChI=1S/C16H24N2O4/c1-16(9-5-2-6-10-16)17-11-13(19)12-22-15-8-4-3-7-14(15)18(20)21/h3-4,7-8,13,17,19H,2,5-6,9-12H2,1H3. The van der Waals surface area contributed by atoms with Gasteiger partial charge in [0.2, 0.25) is 0 Å². The van der Waals surface area contributed by atoms with Gasteiger partial charge in [0.1, 0.15) is 12.7 Å². The van der Waals surface area contributed by atoms with Crippen LogP contribution in [-0.2, 0) is 0 Å². The van der Waals surface area contributed by atoms with Gasteiger partial charge in [0.15, 0.2) is 5.75 Å². The molecule has 1 aromatic carbocycles. The zero-order valence-electron chi connectivity index (χ0n) is 13.0. The summed E-state index contributed by atoms with van der Waals surface area (Å²) in [5.41, 5.74) is -0.000250. The van der Waals surface area contributed by atoms with Crippen LogP contribution in [0, 0.1) is 10.1 Å². The van der Waals surface area contributed by atoms with Gasteiger partial charge in [-0.1, -0.05) is 31.4 Å². The van der Waals surface area contributed by atoms with Crippen molar-refractivity contribution in [1.29, 1.82) is 0 Å². The molecule has 0 heterocycles. The van der Waals surface area contributed by atoms with Crippen LogP contribution in [0.1, 0.15) is 39.0 Å². The van der Waals surface area contributed by atoms with Gasteiger partial charge in [-0.3, -0.25) is 10.1 Å². The van der Waals surface area contributed by atoms with Crippen LogP contribution in [0.2, 0.25) is 0 Å². The lowest BCUT2D eigenvalue weighted by atomic mass is 9.83. The summed E-state index contributed by atoms with van der Waals surface area (Å²) < 4.78 is 5.40. The van der Waals surface area contributed by atoms with Gasteiger partial charge in [0.25, 0.3) is 0 Å². The largest absolute Gasteiger partial charge is 0.484 e. The number of ether oxygens (including phenoxy) is 1. The summed E-state index contributed by atoms with van der Waals surface area (Å²) >= 11 is 0. The first kappa shape index (κ1) is 16.7. The molecule has 0 amide bonds. The van der Waals surface area contributed by atoms with E-state index in [0.29, 0.717) is 6.54 Å². The molecule has 2 N–H and O–H groups in total. The van der Waals surface area contributed by atoms with Crippen LogP contribution in [0.25, 0.3) is 0 Å². The van der Waals surface area contributed by atoms with Gasteiger partial charge in [-0.25, -0.2) is 0 Å². The van der Waals surface area contributed by atoms with Crippen molar-refractivity contribution in [2.45, 2.75) is 50.7 Å². The summed E-state index contributed by atoms with van der Waals surface area (Å²) in [5, 5.41) is 24.3. The highest BCUT2D eigenvalue weighted by Crippen LogP contribution is 2.28. The normalized spacial score (nSPS) is 18.6. The number of aliphatic hydroxyl groups excluding tert-OH is 1. The molecule has 1 saturated carbocycles. The average molecular weight is 308 g/mol. The van der Waals surface area contributed by atoms with E-state index in [1.54, 1.807) is 18.2 Å². The number of hydrogen-bond donors (Lipinski definition) is 2. The van der Waals surface area contributed by atoms with E-state index in [4.69, 9.17) is 4.74 Å². The molecule has 6 nitrogen and oxygen atoms in total. The van der Waals surface area contributed by atoms with Crippen LogP contribution in [-0.4, -0.2) is 34.8 Å². The van der Waals surface area contributed by atoms with Crippen molar-refractivity contribution in [3.05, 3.63) is 34.4 Å². The smallest absolute Gasteiger partial charge is 0.310 e. The monoisotopic (exact) mass is 308 g/mol. The average Bonchev–Trinajstić information content (AvgIpc) is 2.52.